The molecule has 1 N–H and O–H groups in total. The zero-order valence-corrected chi connectivity index (χ0v) is 8.96. The summed E-state index contributed by atoms with van der Waals surface area (Å²) in [4.78, 5) is 3.73. The third-order valence-electron chi connectivity index (χ3n) is 1.90. The third-order valence-corrected chi connectivity index (χ3v) is 1.90. The van der Waals surface area contributed by atoms with Gasteiger partial charge in [0, 0.05) is 11.8 Å². The van der Waals surface area contributed by atoms with Crippen LogP contribution in [-0.2, 0) is 6.61 Å². The Kier molecular flexibility index (Phi) is 4.28. The van der Waals surface area contributed by atoms with Crippen molar-refractivity contribution >= 4 is 0 Å². The molecule has 96 valence electrons. The number of aliphatic hydroxyl groups excluding tert-OH is 1. The second-order valence-electron chi connectivity index (χ2n) is 3.46. The van der Waals surface area contributed by atoms with E-state index in [1.807, 2.05) is 0 Å². The first kappa shape index (κ1) is 13.7. The molecule has 0 bridgehead atoms. The average Bonchev–Trinajstić information content (AvgIpc) is 2.25. The fourth-order valence-corrected chi connectivity index (χ4v) is 1.11. The monoisotopic (exact) mass is 253 g/mol. The number of nitrogens with zero attached hydrogens (tertiary/aromatic N) is 1. The van der Waals surface area contributed by atoms with Crippen LogP contribution in [0.4, 0.5) is 17.6 Å². The molecule has 0 saturated carbocycles. The highest BCUT2D eigenvalue weighted by atomic mass is 19.3. The highest BCUT2D eigenvalue weighted by Gasteiger charge is 2.41. The minimum absolute atomic E-state index is 0.214. The molecule has 1 aromatic rings. The van der Waals surface area contributed by atoms with Crippen molar-refractivity contribution in [3.8, 4) is 5.88 Å². The summed E-state index contributed by atoms with van der Waals surface area (Å²) in [6.07, 6.45) is -3.79. The van der Waals surface area contributed by atoms with Gasteiger partial charge in [0.25, 0.3) is 0 Å². The quantitative estimate of drug-likeness (QED) is 0.818. The second-order valence-corrected chi connectivity index (χ2v) is 3.46. The molecule has 7 heteroatoms. The van der Waals surface area contributed by atoms with Crippen LogP contribution in [0, 0.1) is 6.92 Å². The van der Waals surface area contributed by atoms with Crippen molar-refractivity contribution in [2.24, 2.45) is 0 Å². The van der Waals surface area contributed by atoms with Gasteiger partial charge in [0.1, 0.15) is 0 Å². The van der Waals surface area contributed by atoms with Crippen LogP contribution in [0.3, 0.4) is 0 Å². The van der Waals surface area contributed by atoms with Crippen LogP contribution in [0.2, 0.25) is 0 Å². The number of hydrogen-bond donors (Lipinski definition) is 1. The Morgan fingerprint density at radius 1 is 1.41 bits per heavy atom. The second kappa shape index (κ2) is 5.31. The number of pyridine rings is 1. The van der Waals surface area contributed by atoms with Crippen LogP contribution in [-0.4, -0.2) is 29.0 Å². The number of aryl methyl sites for hydroxylation is 1. The zero-order chi connectivity index (χ0) is 13.1. The first-order valence-electron chi connectivity index (χ1n) is 4.72. The van der Waals surface area contributed by atoms with Crippen LogP contribution in [0.1, 0.15) is 11.3 Å². The summed E-state index contributed by atoms with van der Waals surface area (Å²) in [5.41, 5.74) is 0.847. The normalized spacial score (nSPS) is 11.9. The summed E-state index contributed by atoms with van der Waals surface area (Å²) >= 11 is 0. The van der Waals surface area contributed by atoms with Gasteiger partial charge >= 0.3 is 12.3 Å². The lowest BCUT2D eigenvalue weighted by atomic mass is 10.2. The van der Waals surface area contributed by atoms with E-state index in [4.69, 9.17) is 5.11 Å². The minimum Gasteiger partial charge on any atom is -0.471 e. The zero-order valence-electron chi connectivity index (χ0n) is 8.96. The van der Waals surface area contributed by atoms with Gasteiger partial charge in [-0.2, -0.15) is 8.78 Å². The van der Waals surface area contributed by atoms with Gasteiger partial charge in [-0.05, 0) is 18.6 Å². The molecule has 1 heterocycles. The number of rotatable bonds is 5. The average molecular weight is 253 g/mol. The molecule has 3 nitrogen and oxygen atoms in total. The highest BCUT2D eigenvalue weighted by Crippen LogP contribution is 2.24. The summed E-state index contributed by atoms with van der Waals surface area (Å²) < 4.78 is 53.3. The predicted octanol–water partition coefficient (Wildman–Crippen LogP) is 2.16. The lowest BCUT2D eigenvalue weighted by Gasteiger charge is -2.15. The number of aliphatic hydroxyl groups is 1. The molecule has 0 aliphatic carbocycles. The van der Waals surface area contributed by atoms with Gasteiger partial charge in [-0.25, -0.2) is 13.8 Å². The molecule has 0 aliphatic heterocycles. The molecule has 0 atom stereocenters. The Bertz CT molecular complexity index is 385. The molecule has 0 amide bonds. The molecular formula is C10H11F4NO2. The van der Waals surface area contributed by atoms with E-state index in [0.29, 0.717) is 11.3 Å². The predicted molar refractivity (Wildman–Crippen MR) is 51.3 cm³/mol. The maximum atomic E-state index is 12.6. The Labute approximate surface area is 95.0 Å². The van der Waals surface area contributed by atoms with Gasteiger partial charge in [0.05, 0.1) is 6.61 Å². The van der Waals surface area contributed by atoms with Crippen molar-refractivity contribution in [1.29, 1.82) is 0 Å². The lowest BCUT2D eigenvalue weighted by Crippen LogP contribution is -2.33. The summed E-state index contributed by atoms with van der Waals surface area (Å²) in [5, 5.41) is 8.85. The number of aromatic nitrogens is 1. The maximum Gasteiger partial charge on any atom is 0.340 e. The molecule has 1 aromatic heterocycles. The summed E-state index contributed by atoms with van der Waals surface area (Å²) in [6, 6.07) is 2.74. The van der Waals surface area contributed by atoms with E-state index >= 15 is 0 Å². The smallest absolute Gasteiger partial charge is 0.340 e. The number of halogens is 4. The van der Waals surface area contributed by atoms with Crippen LogP contribution in [0.25, 0.3) is 0 Å². The van der Waals surface area contributed by atoms with E-state index in [9.17, 15) is 17.6 Å². The van der Waals surface area contributed by atoms with Gasteiger partial charge < -0.3 is 9.84 Å². The van der Waals surface area contributed by atoms with E-state index < -0.39 is 19.0 Å². The van der Waals surface area contributed by atoms with Crippen molar-refractivity contribution < 1.29 is 27.4 Å². The maximum absolute atomic E-state index is 12.6. The van der Waals surface area contributed by atoms with E-state index in [1.54, 1.807) is 6.92 Å². The van der Waals surface area contributed by atoms with Gasteiger partial charge in [0.2, 0.25) is 5.88 Å². The molecule has 0 aliphatic rings. The third kappa shape index (κ3) is 3.85. The van der Waals surface area contributed by atoms with Crippen LogP contribution in [0.15, 0.2) is 12.1 Å². The van der Waals surface area contributed by atoms with Crippen molar-refractivity contribution in [3.05, 3.63) is 23.4 Å². The van der Waals surface area contributed by atoms with E-state index in [2.05, 4.69) is 9.72 Å². The number of hydrogen-bond acceptors (Lipinski definition) is 3. The van der Waals surface area contributed by atoms with Gasteiger partial charge in [-0.1, -0.05) is 0 Å². The number of alkyl halides is 4. The first-order chi connectivity index (χ1) is 7.85. The Morgan fingerprint density at radius 2 is 2.06 bits per heavy atom. The molecule has 0 spiro atoms. The Morgan fingerprint density at radius 3 is 2.59 bits per heavy atom. The molecular weight excluding hydrogens is 242 g/mol. The van der Waals surface area contributed by atoms with E-state index in [1.165, 1.54) is 12.1 Å². The van der Waals surface area contributed by atoms with Gasteiger partial charge in [0.15, 0.2) is 6.61 Å². The Balaban J connectivity index is 2.72. The standard InChI is InChI=1S/C10H11F4NO2/c1-6-2-7(4-16)3-8(15-6)17-5-10(13,14)9(11)12/h2-3,9,16H,4-5H2,1H3. The number of ether oxygens (including phenoxy) is 1. The van der Waals surface area contributed by atoms with Crippen molar-refractivity contribution in [1.82, 2.24) is 4.98 Å². The molecule has 1 rings (SSSR count). The van der Waals surface area contributed by atoms with Crippen LogP contribution >= 0.6 is 0 Å². The summed E-state index contributed by atoms with van der Waals surface area (Å²) in [7, 11) is 0. The Hall–Kier alpha value is -1.37. The van der Waals surface area contributed by atoms with Crippen molar-refractivity contribution in [2.45, 2.75) is 25.9 Å². The lowest BCUT2D eigenvalue weighted by molar-refractivity contribution is -0.148. The van der Waals surface area contributed by atoms with Gasteiger partial charge in [-0.15, -0.1) is 0 Å². The van der Waals surface area contributed by atoms with E-state index in [0.717, 1.165) is 0 Å². The highest BCUT2D eigenvalue weighted by molar-refractivity contribution is 5.24. The van der Waals surface area contributed by atoms with Crippen LogP contribution < -0.4 is 4.74 Å². The molecule has 0 aromatic carbocycles. The molecule has 0 fully saturated rings. The van der Waals surface area contributed by atoms with E-state index in [-0.39, 0.29) is 12.5 Å². The largest absolute Gasteiger partial charge is 0.471 e. The molecule has 0 radical (unpaired) electrons. The summed E-state index contributed by atoms with van der Waals surface area (Å²) in [6.45, 7) is -0.200. The fourth-order valence-electron chi connectivity index (χ4n) is 1.11. The van der Waals surface area contributed by atoms with Crippen molar-refractivity contribution in [2.75, 3.05) is 6.61 Å². The topological polar surface area (TPSA) is 42.4 Å². The molecule has 17 heavy (non-hydrogen) atoms. The SMILES string of the molecule is Cc1cc(CO)cc(OCC(F)(F)C(F)F)n1. The van der Waals surface area contributed by atoms with Crippen molar-refractivity contribution in [3.63, 3.8) is 0 Å². The summed E-state index contributed by atoms with van der Waals surface area (Å²) in [5.74, 6) is -4.43. The van der Waals surface area contributed by atoms with Crippen LogP contribution in [0.5, 0.6) is 5.88 Å². The first-order valence-corrected chi connectivity index (χ1v) is 4.72. The van der Waals surface area contributed by atoms with Gasteiger partial charge in [-0.3, -0.25) is 0 Å². The fraction of sp³-hybridized carbons (Fsp3) is 0.500. The minimum atomic E-state index is -4.22. The molecule has 0 saturated heterocycles. The molecule has 0 unspecified atom stereocenters.